The molecule has 84 valence electrons. The van der Waals surface area contributed by atoms with Crippen molar-refractivity contribution in [3.8, 4) is 16.3 Å². The van der Waals surface area contributed by atoms with Gasteiger partial charge in [0.1, 0.15) is 10.8 Å². The van der Waals surface area contributed by atoms with Gasteiger partial charge >= 0.3 is 0 Å². The molecule has 0 atom stereocenters. The van der Waals surface area contributed by atoms with Crippen molar-refractivity contribution < 1.29 is 5.11 Å². The van der Waals surface area contributed by atoms with E-state index in [2.05, 4.69) is 24.0 Å². The smallest absolute Gasteiger partial charge is 0.124 e. The molecular formula is C14H11NOS. The van der Waals surface area contributed by atoms with Gasteiger partial charge in [-0.2, -0.15) is 0 Å². The topological polar surface area (TPSA) is 33.1 Å². The molecule has 0 aliphatic heterocycles. The molecule has 0 bridgehead atoms. The first-order chi connectivity index (χ1) is 8.22. The molecule has 0 aliphatic carbocycles. The SMILES string of the molecule is Cc1ccc2nc(-c3ccc(O)cc3)sc2c1. The zero-order valence-corrected chi connectivity index (χ0v) is 10.2. The highest BCUT2D eigenvalue weighted by molar-refractivity contribution is 7.21. The van der Waals surface area contributed by atoms with E-state index in [1.807, 2.05) is 18.2 Å². The Morgan fingerprint density at radius 2 is 1.82 bits per heavy atom. The highest BCUT2D eigenvalue weighted by atomic mass is 32.1. The summed E-state index contributed by atoms with van der Waals surface area (Å²) in [6.07, 6.45) is 0. The van der Waals surface area contributed by atoms with Crippen LogP contribution in [0.5, 0.6) is 5.75 Å². The fraction of sp³-hybridized carbons (Fsp3) is 0.0714. The van der Waals surface area contributed by atoms with E-state index in [0.717, 1.165) is 16.1 Å². The van der Waals surface area contributed by atoms with Gasteiger partial charge in [-0.1, -0.05) is 6.07 Å². The first kappa shape index (κ1) is 10.3. The molecule has 2 aromatic carbocycles. The molecule has 0 saturated heterocycles. The minimum atomic E-state index is 0.283. The molecule has 2 nitrogen and oxygen atoms in total. The van der Waals surface area contributed by atoms with Crippen molar-refractivity contribution in [2.45, 2.75) is 6.92 Å². The normalized spacial score (nSPS) is 10.9. The van der Waals surface area contributed by atoms with Crippen LogP contribution in [-0.4, -0.2) is 10.1 Å². The number of aryl methyl sites for hydroxylation is 1. The Morgan fingerprint density at radius 1 is 1.06 bits per heavy atom. The van der Waals surface area contributed by atoms with Gasteiger partial charge in [-0.3, -0.25) is 0 Å². The first-order valence-electron chi connectivity index (χ1n) is 5.39. The summed E-state index contributed by atoms with van der Waals surface area (Å²) in [7, 11) is 0. The molecule has 0 aliphatic rings. The second kappa shape index (κ2) is 3.86. The first-order valence-corrected chi connectivity index (χ1v) is 6.20. The average Bonchev–Trinajstić information content (AvgIpc) is 2.72. The fourth-order valence-corrected chi connectivity index (χ4v) is 2.83. The Labute approximate surface area is 103 Å². The van der Waals surface area contributed by atoms with Crippen LogP contribution in [0.3, 0.4) is 0 Å². The summed E-state index contributed by atoms with van der Waals surface area (Å²) in [5.74, 6) is 0.283. The van der Waals surface area contributed by atoms with Gasteiger partial charge in [0.05, 0.1) is 10.2 Å². The molecule has 0 amide bonds. The Hall–Kier alpha value is -1.87. The molecule has 17 heavy (non-hydrogen) atoms. The molecule has 0 fully saturated rings. The van der Waals surface area contributed by atoms with Crippen molar-refractivity contribution in [3.05, 3.63) is 48.0 Å². The largest absolute Gasteiger partial charge is 0.508 e. The van der Waals surface area contributed by atoms with E-state index in [0.29, 0.717) is 0 Å². The molecule has 3 heteroatoms. The summed E-state index contributed by atoms with van der Waals surface area (Å²) in [6.45, 7) is 2.08. The second-order valence-corrected chi connectivity index (χ2v) is 5.07. The maximum atomic E-state index is 9.26. The lowest BCUT2D eigenvalue weighted by molar-refractivity contribution is 0.475. The van der Waals surface area contributed by atoms with E-state index in [-0.39, 0.29) is 5.75 Å². The lowest BCUT2D eigenvalue weighted by Crippen LogP contribution is -1.74. The van der Waals surface area contributed by atoms with Crippen LogP contribution in [0, 0.1) is 6.92 Å². The lowest BCUT2D eigenvalue weighted by atomic mass is 10.2. The number of phenols is 1. The number of hydrogen-bond acceptors (Lipinski definition) is 3. The molecule has 1 aromatic heterocycles. The number of hydrogen-bond donors (Lipinski definition) is 1. The van der Waals surface area contributed by atoms with Crippen LogP contribution in [0.25, 0.3) is 20.8 Å². The van der Waals surface area contributed by atoms with Crippen LogP contribution < -0.4 is 0 Å². The van der Waals surface area contributed by atoms with Crippen molar-refractivity contribution in [2.75, 3.05) is 0 Å². The second-order valence-electron chi connectivity index (χ2n) is 4.04. The van der Waals surface area contributed by atoms with Crippen molar-refractivity contribution >= 4 is 21.6 Å². The van der Waals surface area contributed by atoms with Gasteiger partial charge < -0.3 is 5.11 Å². The van der Waals surface area contributed by atoms with Gasteiger partial charge in [0.15, 0.2) is 0 Å². The van der Waals surface area contributed by atoms with Gasteiger partial charge in [-0.05, 0) is 48.9 Å². The molecular weight excluding hydrogens is 230 g/mol. The summed E-state index contributed by atoms with van der Waals surface area (Å²) in [6, 6.07) is 13.4. The van der Waals surface area contributed by atoms with Crippen molar-refractivity contribution in [1.82, 2.24) is 4.98 Å². The molecule has 0 radical (unpaired) electrons. The number of nitrogens with zero attached hydrogens (tertiary/aromatic N) is 1. The van der Waals surface area contributed by atoms with E-state index < -0.39 is 0 Å². The minimum absolute atomic E-state index is 0.283. The van der Waals surface area contributed by atoms with Crippen LogP contribution >= 0.6 is 11.3 Å². The van der Waals surface area contributed by atoms with Gasteiger partial charge in [-0.15, -0.1) is 11.3 Å². The number of aromatic hydroxyl groups is 1. The molecule has 0 unspecified atom stereocenters. The molecule has 1 N–H and O–H groups in total. The Kier molecular flexibility index (Phi) is 2.34. The zero-order chi connectivity index (χ0) is 11.8. The van der Waals surface area contributed by atoms with E-state index in [1.54, 1.807) is 23.5 Å². The van der Waals surface area contributed by atoms with Crippen molar-refractivity contribution in [2.24, 2.45) is 0 Å². The van der Waals surface area contributed by atoms with Crippen LogP contribution in [0.15, 0.2) is 42.5 Å². The van der Waals surface area contributed by atoms with Gasteiger partial charge in [-0.25, -0.2) is 4.98 Å². The van der Waals surface area contributed by atoms with E-state index in [9.17, 15) is 5.11 Å². The predicted molar refractivity (Wildman–Crippen MR) is 71.5 cm³/mol. The number of aromatic nitrogens is 1. The maximum Gasteiger partial charge on any atom is 0.124 e. The molecule has 1 heterocycles. The highest BCUT2D eigenvalue weighted by Gasteiger charge is 2.06. The van der Waals surface area contributed by atoms with Crippen molar-refractivity contribution in [3.63, 3.8) is 0 Å². The molecule has 3 rings (SSSR count). The van der Waals surface area contributed by atoms with Crippen LogP contribution in [0.2, 0.25) is 0 Å². The third kappa shape index (κ3) is 1.89. The number of thiazole rings is 1. The third-order valence-corrected chi connectivity index (χ3v) is 3.73. The summed E-state index contributed by atoms with van der Waals surface area (Å²) >= 11 is 1.68. The van der Waals surface area contributed by atoms with E-state index >= 15 is 0 Å². The molecule has 3 aromatic rings. The molecule has 0 saturated carbocycles. The number of phenolic OH excluding ortho intramolecular Hbond substituents is 1. The summed E-state index contributed by atoms with van der Waals surface area (Å²) in [5.41, 5.74) is 3.32. The van der Waals surface area contributed by atoms with Gasteiger partial charge in [0.2, 0.25) is 0 Å². The summed E-state index contributed by atoms with van der Waals surface area (Å²) in [4.78, 5) is 4.59. The molecule has 0 spiro atoms. The number of fused-ring (bicyclic) bond motifs is 1. The van der Waals surface area contributed by atoms with Gasteiger partial charge in [0.25, 0.3) is 0 Å². The van der Waals surface area contributed by atoms with Crippen LogP contribution in [0.4, 0.5) is 0 Å². The number of benzene rings is 2. The Bertz CT molecular complexity index is 670. The maximum absolute atomic E-state index is 9.26. The summed E-state index contributed by atoms with van der Waals surface area (Å²) < 4.78 is 1.20. The third-order valence-electron chi connectivity index (χ3n) is 2.66. The Balaban J connectivity index is 2.14. The Morgan fingerprint density at radius 3 is 2.59 bits per heavy atom. The van der Waals surface area contributed by atoms with E-state index in [4.69, 9.17) is 0 Å². The van der Waals surface area contributed by atoms with Crippen LogP contribution in [0.1, 0.15) is 5.56 Å². The monoisotopic (exact) mass is 241 g/mol. The predicted octanol–water partition coefficient (Wildman–Crippen LogP) is 3.98. The quantitative estimate of drug-likeness (QED) is 0.699. The fourth-order valence-electron chi connectivity index (χ4n) is 1.76. The van der Waals surface area contributed by atoms with E-state index in [1.165, 1.54) is 10.3 Å². The number of rotatable bonds is 1. The average molecular weight is 241 g/mol. The van der Waals surface area contributed by atoms with Crippen LogP contribution in [-0.2, 0) is 0 Å². The van der Waals surface area contributed by atoms with Crippen molar-refractivity contribution in [1.29, 1.82) is 0 Å². The highest BCUT2D eigenvalue weighted by Crippen LogP contribution is 2.31. The minimum Gasteiger partial charge on any atom is -0.508 e. The lowest BCUT2D eigenvalue weighted by Gasteiger charge is -1.95. The zero-order valence-electron chi connectivity index (χ0n) is 9.34. The van der Waals surface area contributed by atoms with Gasteiger partial charge in [0, 0.05) is 5.56 Å². The summed E-state index contributed by atoms with van der Waals surface area (Å²) in [5, 5.41) is 10.3. The standard InChI is InChI=1S/C14H11NOS/c1-9-2-7-12-13(8-9)17-14(15-12)10-3-5-11(16)6-4-10/h2-8,16H,1H3.